The third-order valence-corrected chi connectivity index (χ3v) is 5.48. The van der Waals surface area contributed by atoms with Crippen molar-refractivity contribution in [3.63, 3.8) is 0 Å². The van der Waals surface area contributed by atoms with Crippen LogP contribution in [0.2, 0.25) is 0 Å². The minimum Gasteiger partial charge on any atom is -0.496 e. The van der Waals surface area contributed by atoms with Gasteiger partial charge in [0.1, 0.15) is 17.6 Å². The Bertz CT molecular complexity index is 1120. The summed E-state index contributed by atoms with van der Waals surface area (Å²) in [5.74, 6) is 0.260. The van der Waals surface area contributed by atoms with Crippen molar-refractivity contribution in [2.75, 3.05) is 12.4 Å². The fraction of sp³-hybridized carbons (Fsp3) is 0.261. The number of nitrogens with one attached hydrogen (secondary N) is 2. The number of fused-ring (bicyclic) bond motifs is 1. The molecule has 0 fully saturated rings. The average molecular weight is 404 g/mol. The van der Waals surface area contributed by atoms with Crippen molar-refractivity contribution in [1.82, 2.24) is 15.1 Å². The number of hydrogen-bond acceptors (Lipinski definition) is 4. The van der Waals surface area contributed by atoms with Crippen molar-refractivity contribution in [3.05, 3.63) is 76.5 Å². The number of aromatic nitrogens is 2. The second-order valence-corrected chi connectivity index (χ2v) is 7.50. The van der Waals surface area contributed by atoms with Gasteiger partial charge in [-0.2, -0.15) is 5.10 Å². The zero-order valence-corrected chi connectivity index (χ0v) is 17.4. The second-order valence-electron chi connectivity index (χ2n) is 7.50. The van der Waals surface area contributed by atoms with Crippen molar-refractivity contribution in [3.8, 4) is 5.75 Å². The topological polar surface area (TPSA) is 85.2 Å². The van der Waals surface area contributed by atoms with E-state index in [1.54, 1.807) is 43.1 Å². The number of carbonyl (C=O) groups is 2. The molecule has 1 aliphatic heterocycles. The SMILES string of the molecule is COc1ccc(C)cc1[C@@H]1c2c(C)nn(C)c2NC(=O)[C@H]1NC(=O)c1ccccc1. The van der Waals surface area contributed by atoms with Crippen LogP contribution in [0.15, 0.2) is 48.5 Å². The van der Waals surface area contributed by atoms with Gasteiger partial charge in [0.05, 0.1) is 12.8 Å². The van der Waals surface area contributed by atoms with E-state index in [1.165, 1.54) is 0 Å². The molecule has 2 atom stereocenters. The number of amides is 2. The molecule has 2 aromatic carbocycles. The van der Waals surface area contributed by atoms with Gasteiger partial charge in [-0.3, -0.25) is 14.3 Å². The van der Waals surface area contributed by atoms with Crippen LogP contribution in [0.3, 0.4) is 0 Å². The summed E-state index contributed by atoms with van der Waals surface area (Å²) < 4.78 is 7.28. The highest BCUT2D eigenvalue weighted by atomic mass is 16.5. The second kappa shape index (κ2) is 7.67. The van der Waals surface area contributed by atoms with Gasteiger partial charge in [-0.1, -0.05) is 35.9 Å². The molecule has 7 nitrogen and oxygen atoms in total. The van der Waals surface area contributed by atoms with Crippen LogP contribution >= 0.6 is 0 Å². The maximum absolute atomic E-state index is 13.1. The summed E-state index contributed by atoms with van der Waals surface area (Å²) in [6, 6.07) is 13.9. The highest BCUT2D eigenvalue weighted by Gasteiger charge is 2.42. The molecule has 0 saturated carbocycles. The first-order valence-corrected chi connectivity index (χ1v) is 9.75. The molecule has 2 N–H and O–H groups in total. The molecule has 1 aliphatic rings. The van der Waals surface area contributed by atoms with Crippen molar-refractivity contribution in [2.24, 2.45) is 7.05 Å². The Morgan fingerprint density at radius 2 is 1.90 bits per heavy atom. The van der Waals surface area contributed by atoms with Gasteiger partial charge in [0.2, 0.25) is 5.91 Å². The van der Waals surface area contributed by atoms with Gasteiger partial charge in [0, 0.05) is 29.7 Å². The Balaban J connectivity index is 1.86. The van der Waals surface area contributed by atoms with Crippen molar-refractivity contribution >= 4 is 17.6 Å². The molecule has 0 aliphatic carbocycles. The number of ether oxygens (including phenoxy) is 1. The van der Waals surface area contributed by atoms with Crippen molar-refractivity contribution < 1.29 is 14.3 Å². The molecule has 1 aromatic heterocycles. The number of anilines is 1. The van der Waals surface area contributed by atoms with E-state index in [9.17, 15) is 9.59 Å². The van der Waals surface area contributed by atoms with E-state index in [0.29, 0.717) is 17.1 Å². The van der Waals surface area contributed by atoms with E-state index < -0.39 is 12.0 Å². The lowest BCUT2D eigenvalue weighted by Gasteiger charge is -2.33. The first-order chi connectivity index (χ1) is 14.4. The molecule has 30 heavy (non-hydrogen) atoms. The number of nitrogens with zero attached hydrogens (tertiary/aromatic N) is 2. The number of rotatable bonds is 4. The highest BCUT2D eigenvalue weighted by Crippen LogP contribution is 2.42. The van der Waals surface area contributed by atoms with E-state index in [1.807, 2.05) is 38.1 Å². The third-order valence-electron chi connectivity index (χ3n) is 5.48. The molecule has 3 aromatic rings. The molecule has 0 saturated heterocycles. The van der Waals surface area contributed by atoms with Crippen molar-refractivity contribution in [2.45, 2.75) is 25.8 Å². The summed E-state index contributed by atoms with van der Waals surface area (Å²) in [6.45, 7) is 3.89. The highest BCUT2D eigenvalue weighted by molar-refractivity contribution is 6.04. The van der Waals surface area contributed by atoms with Crippen LogP contribution in [0.1, 0.15) is 38.7 Å². The molecule has 2 heterocycles. The first kappa shape index (κ1) is 19.7. The molecule has 0 radical (unpaired) electrons. The lowest BCUT2D eigenvalue weighted by Crippen LogP contribution is -2.50. The molecule has 7 heteroatoms. The molecular weight excluding hydrogens is 380 g/mol. The van der Waals surface area contributed by atoms with Gasteiger partial charge in [-0.05, 0) is 32.0 Å². The minimum atomic E-state index is -0.816. The normalized spacial score (nSPS) is 17.8. The summed E-state index contributed by atoms with van der Waals surface area (Å²) in [4.78, 5) is 26.1. The molecule has 4 rings (SSSR count). The zero-order valence-electron chi connectivity index (χ0n) is 17.4. The fourth-order valence-corrected chi connectivity index (χ4v) is 4.10. The Morgan fingerprint density at radius 1 is 1.17 bits per heavy atom. The number of carbonyl (C=O) groups excluding carboxylic acids is 2. The van der Waals surface area contributed by atoms with E-state index in [2.05, 4.69) is 15.7 Å². The van der Waals surface area contributed by atoms with Crippen LogP contribution in [-0.2, 0) is 11.8 Å². The molecule has 0 spiro atoms. The predicted octanol–water partition coefficient (Wildman–Crippen LogP) is 2.93. The Morgan fingerprint density at radius 3 is 2.60 bits per heavy atom. The van der Waals surface area contributed by atoms with Crippen LogP contribution in [-0.4, -0.2) is 34.7 Å². The van der Waals surface area contributed by atoms with Gasteiger partial charge < -0.3 is 15.4 Å². The molecule has 2 amide bonds. The van der Waals surface area contributed by atoms with Gasteiger partial charge in [-0.15, -0.1) is 0 Å². The first-order valence-electron chi connectivity index (χ1n) is 9.75. The summed E-state index contributed by atoms with van der Waals surface area (Å²) in [5.41, 5.74) is 4.03. The van der Waals surface area contributed by atoms with Crippen LogP contribution in [0.25, 0.3) is 0 Å². The third kappa shape index (κ3) is 3.32. The quantitative estimate of drug-likeness (QED) is 0.700. The largest absolute Gasteiger partial charge is 0.496 e. The van der Waals surface area contributed by atoms with Crippen molar-refractivity contribution in [1.29, 1.82) is 0 Å². The lowest BCUT2D eigenvalue weighted by molar-refractivity contribution is -0.118. The van der Waals surface area contributed by atoms with Gasteiger partial charge in [0.25, 0.3) is 5.91 Å². The lowest BCUT2D eigenvalue weighted by atomic mass is 9.81. The predicted molar refractivity (Wildman–Crippen MR) is 114 cm³/mol. The Hall–Kier alpha value is -3.61. The van der Waals surface area contributed by atoms with E-state index in [-0.39, 0.29) is 11.8 Å². The average Bonchev–Trinajstić information content (AvgIpc) is 3.02. The summed E-state index contributed by atoms with van der Waals surface area (Å²) in [7, 11) is 3.39. The Labute approximate surface area is 175 Å². The smallest absolute Gasteiger partial charge is 0.251 e. The maximum atomic E-state index is 13.1. The van der Waals surface area contributed by atoms with E-state index in [0.717, 1.165) is 22.4 Å². The minimum absolute atomic E-state index is 0.289. The van der Waals surface area contributed by atoms with E-state index >= 15 is 0 Å². The summed E-state index contributed by atoms with van der Waals surface area (Å²) in [5, 5.41) is 10.4. The number of hydrogen-bond donors (Lipinski definition) is 2. The Kier molecular flexibility index (Phi) is 5.03. The van der Waals surface area contributed by atoms with Gasteiger partial charge >= 0.3 is 0 Å². The summed E-state index contributed by atoms with van der Waals surface area (Å²) >= 11 is 0. The molecular formula is C23H24N4O3. The maximum Gasteiger partial charge on any atom is 0.251 e. The van der Waals surface area contributed by atoms with E-state index in [4.69, 9.17) is 4.74 Å². The fourth-order valence-electron chi connectivity index (χ4n) is 4.10. The molecule has 0 bridgehead atoms. The number of methoxy groups -OCH3 is 1. The number of benzene rings is 2. The van der Waals surface area contributed by atoms with Crippen LogP contribution in [0.4, 0.5) is 5.82 Å². The number of aryl methyl sites for hydroxylation is 3. The zero-order chi connectivity index (χ0) is 21.4. The summed E-state index contributed by atoms with van der Waals surface area (Å²) in [6.07, 6.45) is 0. The molecule has 154 valence electrons. The van der Waals surface area contributed by atoms with Crippen LogP contribution in [0, 0.1) is 13.8 Å². The standard InChI is InChI=1S/C23H24N4O3/c1-13-10-11-17(30-4)16(12-13)19-18-14(2)26-27(3)21(18)25-23(29)20(19)24-22(28)15-8-6-5-7-9-15/h5-12,19-20H,1-4H3,(H,24,28)(H,25,29)/t19-,20+/m1/s1. The van der Waals surface area contributed by atoms with Gasteiger partial charge in [0.15, 0.2) is 0 Å². The van der Waals surface area contributed by atoms with Gasteiger partial charge in [-0.25, -0.2) is 0 Å². The monoisotopic (exact) mass is 404 g/mol. The van der Waals surface area contributed by atoms with Crippen LogP contribution in [0.5, 0.6) is 5.75 Å². The molecule has 0 unspecified atom stereocenters. The van der Waals surface area contributed by atoms with Crippen LogP contribution < -0.4 is 15.4 Å².